The van der Waals surface area contributed by atoms with Crippen molar-refractivity contribution in [3.05, 3.63) is 18.0 Å². The minimum atomic E-state index is -0.532. The lowest BCUT2D eigenvalue weighted by Gasteiger charge is -2.12. The van der Waals surface area contributed by atoms with Gasteiger partial charge in [0.25, 0.3) is 5.91 Å². The van der Waals surface area contributed by atoms with Crippen molar-refractivity contribution in [1.82, 2.24) is 15.5 Å². The van der Waals surface area contributed by atoms with E-state index in [9.17, 15) is 9.59 Å². The zero-order chi connectivity index (χ0) is 21.2. The molecule has 158 valence electrons. The number of methoxy groups -OCH3 is 3. The number of hydrogen-bond acceptors (Lipinski definition) is 8. The average molecular weight is 405 g/mol. The van der Waals surface area contributed by atoms with Gasteiger partial charge in [0.05, 0.1) is 21.3 Å². The minimum Gasteiger partial charge on any atom is -0.493 e. The molecule has 0 fully saturated rings. The number of ketones is 1. The highest BCUT2D eigenvalue weighted by Crippen LogP contribution is 2.40. The van der Waals surface area contributed by atoms with Crippen LogP contribution in [0.3, 0.4) is 0 Å². The Kier molecular flexibility index (Phi) is 8.45. The molecule has 0 bridgehead atoms. The smallest absolute Gasteiger partial charge is 0.287 e. The highest BCUT2D eigenvalue weighted by atomic mass is 16.5. The van der Waals surface area contributed by atoms with Gasteiger partial charge < -0.3 is 23.9 Å². The first-order chi connectivity index (χ1) is 14.0. The predicted octanol–water partition coefficient (Wildman–Crippen LogP) is 2.57. The number of benzene rings is 1. The maximum atomic E-state index is 11.4. The monoisotopic (exact) mass is 405 g/mol. The quantitative estimate of drug-likeness (QED) is 0.423. The van der Waals surface area contributed by atoms with Gasteiger partial charge in [-0.05, 0) is 25.0 Å². The van der Waals surface area contributed by atoms with Gasteiger partial charge in [0.15, 0.2) is 11.5 Å². The van der Waals surface area contributed by atoms with Gasteiger partial charge in [-0.2, -0.15) is 0 Å². The summed E-state index contributed by atoms with van der Waals surface area (Å²) in [5, 5.41) is 10.5. The Bertz CT molecular complexity index is 808. The molecule has 0 aliphatic heterocycles. The molecule has 9 heteroatoms. The molecular weight excluding hydrogens is 378 g/mol. The zero-order valence-corrected chi connectivity index (χ0v) is 17.2. The molecule has 2 rings (SSSR count). The van der Waals surface area contributed by atoms with Crippen LogP contribution < -0.4 is 19.5 Å². The van der Waals surface area contributed by atoms with Gasteiger partial charge >= 0.3 is 0 Å². The van der Waals surface area contributed by atoms with Gasteiger partial charge in [-0.25, -0.2) is 0 Å². The normalized spacial score (nSPS) is 10.5. The van der Waals surface area contributed by atoms with Crippen LogP contribution in [-0.4, -0.2) is 50.3 Å². The molecule has 0 saturated carbocycles. The number of hydrogen-bond donors (Lipinski definition) is 1. The van der Waals surface area contributed by atoms with Crippen molar-refractivity contribution in [3.8, 4) is 28.7 Å². The summed E-state index contributed by atoms with van der Waals surface area (Å²) in [4.78, 5) is 22.6. The summed E-state index contributed by atoms with van der Waals surface area (Å²) in [5.41, 5.74) is 0.672. The van der Waals surface area contributed by atoms with Crippen molar-refractivity contribution in [3.63, 3.8) is 0 Å². The van der Waals surface area contributed by atoms with Crippen LogP contribution in [0.4, 0.5) is 0 Å². The SMILES string of the molecule is CNC(=O)C(=O)CCCCCCc1nnc(-c2cc(OC)c(OC)c(OC)c2)o1. The molecule has 0 aliphatic carbocycles. The molecule has 0 saturated heterocycles. The number of ether oxygens (including phenoxy) is 3. The average Bonchev–Trinajstić information content (AvgIpc) is 3.23. The number of rotatable bonds is 12. The number of nitrogens with one attached hydrogen (secondary N) is 1. The Hall–Kier alpha value is -3.10. The first-order valence-corrected chi connectivity index (χ1v) is 9.41. The fourth-order valence-corrected chi connectivity index (χ4v) is 2.84. The molecule has 1 N–H and O–H groups in total. The van der Waals surface area contributed by atoms with Crippen molar-refractivity contribution < 1.29 is 28.2 Å². The van der Waals surface area contributed by atoms with Crippen LogP contribution in [0.25, 0.3) is 11.5 Å². The van der Waals surface area contributed by atoms with Gasteiger partial charge in [-0.3, -0.25) is 9.59 Å². The lowest BCUT2D eigenvalue weighted by Crippen LogP contribution is -2.27. The summed E-state index contributed by atoms with van der Waals surface area (Å²) < 4.78 is 21.8. The second-order valence-electron chi connectivity index (χ2n) is 6.33. The molecule has 0 aliphatic rings. The zero-order valence-electron chi connectivity index (χ0n) is 17.2. The molecule has 29 heavy (non-hydrogen) atoms. The molecule has 0 radical (unpaired) electrons. The molecule has 1 aromatic heterocycles. The van der Waals surface area contributed by atoms with Crippen LogP contribution >= 0.6 is 0 Å². The Balaban J connectivity index is 1.88. The van der Waals surface area contributed by atoms with Crippen LogP contribution in [0.1, 0.15) is 38.0 Å². The number of Topliss-reactive ketones (excluding diaryl/α,β-unsaturated/α-hetero) is 1. The van der Waals surface area contributed by atoms with Crippen molar-refractivity contribution in [2.24, 2.45) is 0 Å². The Labute approximate surface area is 169 Å². The van der Waals surface area contributed by atoms with E-state index >= 15 is 0 Å². The van der Waals surface area contributed by atoms with Crippen LogP contribution in [0.2, 0.25) is 0 Å². The van der Waals surface area contributed by atoms with E-state index in [1.807, 2.05) is 0 Å². The highest BCUT2D eigenvalue weighted by Gasteiger charge is 2.17. The number of likely N-dealkylation sites (N-methyl/N-ethyl adjacent to an activating group) is 1. The summed E-state index contributed by atoms with van der Waals surface area (Å²) in [5.74, 6) is 1.51. The third kappa shape index (κ3) is 5.94. The van der Waals surface area contributed by atoms with Crippen LogP contribution in [-0.2, 0) is 16.0 Å². The summed E-state index contributed by atoms with van der Waals surface area (Å²) in [6, 6.07) is 3.50. The Morgan fingerprint density at radius 2 is 1.62 bits per heavy atom. The fraction of sp³-hybridized carbons (Fsp3) is 0.500. The van der Waals surface area contributed by atoms with Crippen molar-refractivity contribution in [2.45, 2.75) is 38.5 Å². The summed E-state index contributed by atoms with van der Waals surface area (Å²) in [6.07, 6.45) is 4.21. The van der Waals surface area contributed by atoms with Crippen LogP contribution in [0, 0.1) is 0 Å². The lowest BCUT2D eigenvalue weighted by atomic mass is 10.1. The molecule has 0 unspecified atom stereocenters. The van der Waals surface area contributed by atoms with Crippen molar-refractivity contribution >= 4 is 11.7 Å². The van der Waals surface area contributed by atoms with E-state index in [1.165, 1.54) is 7.05 Å². The largest absolute Gasteiger partial charge is 0.493 e. The van der Waals surface area contributed by atoms with Gasteiger partial charge in [-0.1, -0.05) is 12.8 Å². The molecule has 1 heterocycles. The summed E-state index contributed by atoms with van der Waals surface area (Å²) in [7, 11) is 6.08. The molecular formula is C20H27N3O6. The van der Waals surface area contributed by atoms with Gasteiger partial charge in [0.1, 0.15) is 0 Å². The van der Waals surface area contributed by atoms with Crippen molar-refractivity contribution in [1.29, 1.82) is 0 Å². The van der Waals surface area contributed by atoms with E-state index in [2.05, 4.69) is 15.5 Å². The number of nitrogens with zero attached hydrogens (tertiary/aromatic N) is 2. The van der Waals surface area contributed by atoms with E-state index in [1.54, 1.807) is 33.5 Å². The molecule has 2 aromatic rings. The van der Waals surface area contributed by atoms with Crippen molar-refractivity contribution in [2.75, 3.05) is 28.4 Å². The number of carbonyl (C=O) groups is 2. The molecule has 0 spiro atoms. The van der Waals surface area contributed by atoms with E-state index in [-0.39, 0.29) is 12.2 Å². The number of amides is 1. The van der Waals surface area contributed by atoms with E-state index in [4.69, 9.17) is 18.6 Å². The number of aryl methyl sites for hydroxylation is 1. The van der Waals surface area contributed by atoms with E-state index in [0.29, 0.717) is 47.4 Å². The second-order valence-corrected chi connectivity index (χ2v) is 6.33. The van der Waals surface area contributed by atoms with Crippen LogP contribution in [0.5, 0.6) is 17.2 Å². The first kappa shape index (κ1) is 22.2. The maximum absolute atomic E-state index is 11.4. The Morgan fingerprint density at radius 3 is 2.21 bits per heavy atom. The van der Waals surface area contributed by atoms with E-state index in [0.717, 1.165) is 19.3 Å². The topological polar surface area (TPSA) is 113 Å². The van der Waals surface area contributed by atoms with E-state index < -0.39 is 5.91 Å². The number of aromatic nitrogens is 2. The molecule has 1 aromatic carbocycles. The third-order valence-corrected chi connectivity index (χ3v) is 4.40. The van der Waals surface area contributed by atoms with Gasteiger partial charge in [0, 0.05) is 25.5 Å². The molecule has 0 atom stereocenters. The first-order valence-electron chi connectivity index (χ1n) is 9.41. The van der Waals surface area contributed by atoms with Gasteiger partial charge in [-0.15, -0.1) is 10.2 Å². The van der Waals surface area contributed by atoms with Gasteiger partial charge in [0.2, 0.25) is 23.3 Å². The fourth-order valence-electron chi connectivity index (χ4n) is 2.84. The second kappa shape index (κ2) is 11.0. The number of carbonyl (C=O) groups excluding carboxylic acids is 2. The summed E-state index contributed by atoms with van der Waals surface area (Å²) >= 11 is 0. The standard InChI is InChI=1S/C20H27N3O6/c1-21-19(25)14(24)9-7-5-6-8-10-17-22-23-20(29-17)13-11-15(26-2)18(28-4)16(12-13)27-3/h11-12H,5-10H2,1-4H3,(H,21,25). The minimum absolute atomic E-state index is 0.269. The highest BCUT2D eigenvalue weighted by molar-refractivity contribution is 6.36. The number of unbranched alkanes of at least 4 members (excludes halogenated alkanes) is 3. The lowest BCUT2D eigenvalue weighted by molar-refractivity contribution is -0.137. The maximum Gasteiger partial charge on any atom is 0.287 e. The van der Waals surface area contributed by atoms with Crippen LogP contribution in [0.15, 0.2) is 16.5 Å². The Morgan fingerprint density at radius 1 is 0.966 bits per heavy atom. The predicted molar refractivity (Wildman–Crippen MR) is 105 cm³/mol. The molecule has 9 nitrogen and oxygen atoms in total. The summed E-state index contributed by atoms with van der Waals surface area (Å²) in [6.45, 7) is 0. The third-order valence-electron chi connectivity index (χ3n) is 4.40. The molecule has 1 amide bonds.